The molecule has 7 heteroatoms. The average molecular weight is 348 g/mol. The Labute approximate surface area is 146 Å². The van der Waals surface area contributed by atoms with E-state index in [1.807, 2.05) is 21.7 Å². The van der Waals surface area contributed by atoms with Crippen molar-refractivity contribution in [1.82, 2.24) is 19.9 Å². The first-order valence-corrected chi connectivity index (χ1v) is 9.51. The van der Waals surface area contributed by atoms with Gasteiger partial charge in [-0.05, 0) is 31.2 Å². The molecule has 2 aromatic heterocycles. The van der Waals surface area contributed by atoms with Gasteiger partial charge in [-0.25, -0.2) is 0 Å². The molecule has 3 heterocycles. The minimum atomic E-state index is 0.0827. The highest BCUT2D eigenvalue weighted by atomic mass is 32.1. The molecule has 1 unspecified atom stereocenters. The Balaban J connectivity index is 1.61. The van der Waals surface area contributed by atoms with Crippen molar-refractivity contribution in [1.29, 1.82) is 0 Å². The van der Waals surface area contributed by atoms with Crippen LogP contribution in [0.5, 0.6) is 0 Å². The van der Waals surface area contributed by atoms with Crippen LogP contribution in [0.4, 0.5) is 0 Å². The number of carbonyl (C=O) groups excluding carboxylic acids is 1. The maximum absolute atomic E-state index is 12.5. The van der Waals surface area contributed by atoms with Crippen molar-refractivity contribution in [3.8, 4) is 0 Å². The summed E-state index contributed by atoms with van der Waals surface area (Å²) < 4.78 is 5.42. The van der Waals surface area contributed by atoms with Crippen LogP contribution in [-0.4, -0.2) is 52.0 Å². The normalized spacial score (nSPS) is 17.7. The first-order chi connectivity index (χ1) is 11.7. The van der Waals surface area contributed by atoms with Crippen LogP contribution >= 0.6 is 11.3 Å². The van der Waals surface area contributed by atoms with Crippen LogP contribution in [0.1, 0.15) is 54.8 Å². The van der Waals surface area contributed by atoms with E-state index in [1.165, 1.54) is 0 Å². The smallest absolute Gasteiger partial charge is 0.254 e. The highest BCUT2D eigenvalue weighted by molar-refractivity contribution is 7.08. The van der Waals surface area contributed by atoms with E-state index in [-0.39, 0.29) is 11.9 Å². The molecule has 1 aliphatic heterocycles. The van der Waals surface area contributed by atoms with Crippen LogP contribution in [0.25, 0.3) is 0 Å². The Kier molecular flexibility index (Phi) is 5.63. The molecule has 1 atom stereocenters. The highest BCUT2D eigenvalue weighted by Gasteiger charge is 2.26. The Hall–Kier alpha value is -1.73. The molecule has 0 aliphatic carbocycles. The molecule has 0 N–H and O–H groups in total. The third-order valence-electron chi connectivity index (χ3n) is 4.45. The summed E-state index contributed by atoms with van der Waals surface area (Å²) >= 11 is 1.56. The number of nitrogens with zero attached hydrogens (tertiary/aromatic N) is 4. The van der Waals surface area contributed by atoms with Crippen LogP contribution in [0.2, 0.25) is 0 Å². The minimum absolute atomic E-state index is 0.0827. The van der Waals surface area contributed by atoms with Crippen LogP contribution in [0.15, 0.2) is 21.3 Å². The Bertz CT molecular complexity index is 655. The van der Waals surface area contributed by atoms with Gasteiger partial charge in [0.05, 0.1) is 11.6 Å². The van der Waals surface area contributed by atoms with Gasteiger partial charge in [-0.2, -0.15) is 16.3 Å². The van der Waals surface area contributed by atoms with Gasteiger partial charge in [-0.3, -0.25) is 9.69 Å². The number of thiophene rings is 1. The van der Waals surface area contributed by atoms with Crippen LogP contribution in [0.3, 0.4) is 0 Å². The summed E-state index contributed by atoms with van der Waals surface area (Å²) in [7, 11) is 0. The third kappa shape index (κ3) is 3.84. The van der Waals surface area contributed by atoms with Gasteiger partial charge in [0.1, 0.15) is 0 Å². The van der Waals surface area contributed by atoms with Gasteiger partial charge in [0.2, 0.25) is 5.89 Å². The van der Waals surface area contributed by atoms with E-state index in [9.17, 15) is 4.79 Å². The Morgan fingerprint density at radius 3 is 3.00 bits per heavy atom. The summed E-state index contributed by atoms with van der Waals surface area (Å²) in [4.78, 5) is 21.3. The number of carbonyl (C=O) groups is 1. The fraction of sp³-hybridized carbons (Fsp3) is 0.588. The topological polar surface area (TPSA) is 62.5 Å². The molecule has 1 fully saturated rings. The maximum Gasteiger partial charge on any atom is 0.254 e. The van der Waals surface area contributed by atoms with Crippen molar-refractivity contribution < 1.29 is 9.32 Å². The van der Waals surface area contributed by atoms with E-state index < -0.39 is 0 Å². The maximum atomic E-state index is 12.5. The number of hydrogen-bond donors (Lipinski definition) is 0. The fourth-order valence-electron chi connectivity index (χ4n) is 3.02. The standard InChI is InChI=1S/C17H24N4O2S/c1-3-5-15-18-16(23-19-15)13(2)20-7-4-8-21(10-9-20)17(22)14-6-11-24-12-14/h6,11-13H,3-5,7-10H2,1-2H3. The zero-order valence-electron chi connectivity index (χ0n) is 14.3. The minimum Gasteiger partial charge on any atom is -0.338 e. The summed E-state index contributed by atoms with van der Waals surface area (Å²) in [6.07, 6.45) is 2.81. The molecule has 24 heavy (non-hydrogen) atoms. The van der Waals surface area contributed by atoms with Crippen LogP contribution in [-0.2, 0) is 6.42 Å². The molecule has 0 bridgehead atoms. The quantitative estimate of drug-likeness (QED) is 0.831. The molecular weight excluding hydrogens is 324 g/mol. The monoisotopic (exact) mass is 348 g/mol. The van der Waals surface area contributed by atoms with E-state index >= 15 is 0 Å². The van der Waals surface area contributed by atoms with Gasteiger partial charge in [0, 0.05) is 38.0 Å². The molecular formula is C17H24N4O2S. The molecule has 1 aliphatic rings. The lowest BCUT2D eigenvalue weighted by Gasteiger charge is -2.25. The first kappa shape index (κ1) is 17.1. The highest BCUT2D eigenvalue weighted by Crippen LogP contribution is 2.21. The van der Waals surface area contributed by atoms with E-state index in [0.717, 1.165) is 56.8 Å². The van der Waals surface area contributed by atoms with Crippen LogP contribution < -0.4 is 0 Å². The van der Waals surface area contributed by atoms with Gasteiger partial charge in [0.15, 0.2) is 5.82 Å². The van der Waals surface area contributed by atoms with Crippen molar-refractivity contribution in [2.75, 3.05) is 26.2 Å². The fourth-order valence-corrected chi connectivity index (χ4v) is 3.64. The number of hydrogen-bond acceptors (Lipinski definition) is 6. The van der Waals surface area contributed by atoms with Crippen molar-refractivity contribution in [2.24, 2.45) is 0 Å². The molecule has 0 aromatic carbocycles. The van der Waals surface area contributed by atoms with Crippen molar-refractivity contribution in [2.45, 2.75) is 39.2 Å². The lowest BCUT2D eigenvalue weighted by atomic mass is 10.2. The van der Waals surface area contributed by atoms with Crippen molar-refractivity contribution >= 4 is 17.2 Å². The van der Waals surface area contributed by atoms with E-state index in [2.05, 4.69) is 28.9 Å². The molecule has 2 aromatic rings. The molecule has 130 valence electrons. The van der Waals surface area contributed by atoms with Crippen LogP contribution in [0, 0.1) is 0 Å². The number of aromatic nitrogens is 2. The van der Waals surface area contributed by atoms with E-state index in [4.69, 9.17) is 4.52 Å². The number of amides is 1. The molecule has 3 rings (SSSR count). The second-order valence-electron chi connectivity index (χ2n) is 6.17. The summed E-state index contributed by atoms with van der Waals surface area (Å²) in [6.45, 7) is 7.48. The van der Waals surface area contributed by atoms with E-state index in [1.54, 1.807) is 11.3 Å². The van der Waals surface area contributed by atoms with Gasteiger partial charge >= 0.3 is 0 Å². The molecule has 0 saturated carbocycles. The second-order valence-corrected chi connectivity index (χ2v) is 6.95. The molecule has 1 amide bonds. The van der Waals surface area contributed by atoms with Crippen molar-refractivity contribution in [3.63, 3.8) is 0 Å². The first-order valence-electron chi connectivity index (χ1n) is 8.57. The average Bonchev–Trinajstić information content (AvgIpc) is 3.21. The summed E-state index contributed by atoms with van der Waals surface area (Å²) in [5, 5.41) is 7.91. The summed E-state index contributed by atoms with van der Waals surface area (Å²) in [5.74, 6) is 1.59. The third-order valence-corrected chi connectivity index (χ3v) is 5.13. The summed E-state index contributed by atoms with van der Waals surface area (Å²) in [5.41, 5.74) is 0.794. The van der Waals surface area contributed by atoms with Gasteiger partial charge in [-0.15, -0.1) is 0 Å². The van der Waals surface area contributed by atoms with Gasteiger partial charge < -0.3 is 9.42 Å². The Morgan fingerprint density at radius 2 is 2.25 bits per heavy atom. The predicted octanol–water partition coefficient (Wildman–Crippen LogP) is 2.99. The lowest BCUT2D eigenvalue weighted by molar-refractivity contribution is 0.0757. The van der Waals surface area contributed by atoms with E-state index in [0.29, 0.717) is 5.89 Å². The molecule has 1 saturated heterocycles. The largest absolute Gasteiger partial charge is 0.338 e. The molecule has 0 radical (unpaired) electrons. The number of aryl methyl sites for hydroxylation is 1. The van der Waals surface area contributed by atoms with Crippen molar-refractivity contribution in [3.05, 3.63) is 34.1 Å². The molecule has 0 spiro atoms. The second kappa shape index (κ2) is 7.90. The van der Waals surface area contributed by atoms with Gasteiger partial charge in [0.25, 0.3) is 5.91 Å². The Morgan fingerprint density at radius 1 is 1.38 bits per heavy atom. The summed E-state index contributed by atoms with van der Waals surface area (Å²) in [6, 6.07) is 1.98. The molecule has 6 nitrogen and oxygen atoms in total. The van der Waals surface area contributed by atoms with Gasteiger partial charge in [-0.1, -0.05) is 12.1 Å². The lowest BCUT2D eigenvalue weighted by Crippen LogP contribution is -2.35. The predicted molar refractivity (Wildman–Crippen MR) is 93.1 cm³/mol. The SMILES string of the molecule is CCCc1noc(C(C)N2CCCN(C(=O)c3ccsc3)CC2)n1. The zero-order valence-corrected chi connectivity index (χ0v) is 15.1. The number of rotatable bonds is 5. The zero-order chi connectivity index (χ0) is 16.9.